The summed E-state index contributed by atoms with van der Waals surface area (Å²) in [5.41, 5.74) is 2.90. The van der Waals surface area contributed by atoms with Gasteiger partial charge in [0.1, 0.15) is 0 Å². The van der Waals surface area contributed by atoms with Crippen LogP contribution in [0.25, 0.3) is 0 Å². The van der Waals surface area contributed by atoms with Crippen LogP contribution < -0.4 is 4.90 Å². The fraction of sp³-hybridized carbons (Fsp3) is 0.385. The van der Waals surface area contributed by atoms with Crippen molar-refractivity contribution in [3.63, 3.8) is 0 Å². The van der Waals surface area contributed by atoms with E-state index in [0.717, 1.165) is 23.2 Å². The first-order valence-electron chi connectivity index (χ1n) is 5.45. The van der Waals surface area contributed by atoms with Crippen LogP contribution in [0.3, 0.4) is 0 Å². The topological polar surface area (TPSA) is 46.6 Å². The van der Waals surface area contributed by atoms with E-state index in [9.17, 15) is 9.59 Å². The molecule has 17 heavy (non-hydrogen) atoms. The lowest BCUT2D eigenvalue weighted by Gasteiger charge is -2.21. The van der Waals surface area contributed by atoms with Crippen molar-refractivity contribution in [1.82, 2.24) is 0 Å². The van der Waals surface area contributed by atoms with E-state index in [4.69, 9.17) is 0 Å². The van der Waals surface area contributed by atoms with E-state index in [1.807, 2.05) is 32.0 Å². The molecule has 1 aromatic rings. The molecule has 1 aromatic carbocycles. The lowest BCUT2D eigenvalue weighted by molar-refractivity contribution is -0.140. The number of carbonyl (C=O) groups is 2. The molecule has 1 rings (SSSR count). The molecular formula is C13H17NO3. The highest BCUT2D eigenvalue weighted by molar-refractivity contribution is 5.80. The molecule has 0 radical (unpaired) electrons. The van der Waals surface area contributed by atoms with Crippen LogP contribution in [-0.4, -0.2) is 26.0 Å². The lowest BCUT2D eigenvalue weighted by atomic mass is 10.1. The van der Waals surface area contributed by atoms with Crippen molar-refractivity contribution in [1.29, 1.82) is 0 Å². The van der Waals surface area contributed by atoms with E-state index in [1.54, 1.807) is 4.90 Å². The van der Waals surface area contributed by atoms with E-state index in [2.05, 4.69) is 4.74 Å². The molecule has 4 nitrogen and oxygen atoms in total. The van der Waals surface area contributed by atoms with Gasteiger partial charge in [-0.1, -0.05) is 18.2 Å². The Morgan fingerprint density at radius 2 is 1.94 bits per heavy atom. The Morgan fingerprint density at radius 3 is 2.41 bits per heavy atom. The van der Waals surface area contributed by atoms with Crippen LogP contribution in [0.5, 0.6) is 0 Å². The van der Waals surface area contributed by atoms with Gasteiger partial charge in [-0.25, -0.2) is 0 Å². The molecular weight excluding hydrogens is 218 g/mol. The first-order chi connectivity index (χ1) is 8.10. The summed E-state index contributed by atoms with van der Waals surface area (Å²) < 4.78 is 4.56. The minimum atomic E-state index is -0.317. The molecule has 0 aliphatic heterocycles. The largest absolute Gasteiger partial charge is 0.469 e. The summed E-state index contributed by atoms with van der Waals surface area (Å²) in [5, 5.41) is 0. The number of hydrogen-bond acceptors (Lipinski definition) is 3. The van der Waals surface area contributed by atoms with Gasteiger partial charge in [-0.2, -0.15) is 0 Å². The van der Waals surface area contributed by atoms with E-state index >= 15 is 0 Å². The third-order valence-electron chi connectivity index (χ3n) is 2.64. The van der Waals surface area contributed by atoms with Crippen LogP contribution in [0, 0.1) is 13.8 Å². The molecule has 4 heteroatoms. The van der Waals surface area contributed by atoms with Crippen LogP contribution in [0.4, 0.5) is 5.69 Å². The number of carbonyl (C=O) groups excluding carboxylic acids is 2. The van der Waals surface area contributed by atoms with Gasteiger partial charge in [-0.15, -0.1) is 0 Å². The van der Waals surface area contributed by atoms with Crippen LogP contribution in [0.2, 0.25) is 0 Å². The van der Waals surface area contributed by atoms with Crippen LogP contribution in [0.1, 0.15) is 17.5 Å². The van der Waals surface area contributed by atoms with Gasteiger partial charge in [0, 0.05) is 12.2 Å². The van der Waals surface area contributed by atoms with Gasteiger partial charge in [-0.05, 0) is 25.0 Å². The lowest BCUT2D eigenvalue weighted by Crippen LogP contribution is -2.26. The Balaban J connectivity index is 2.86. The molecule has 0 aliphatic carbocycles. The highest BCUT2D eigenvalue weighted by Crippen LogP contribution is 2.23. The van der Waals surface area contributed by atoms with Crippen molar-refractivity contribution in [2.75, 3.05) is 18.6 Å². The number of hydrogen-bond donors (Lipinski definition) is 0. The van der Waals surface area contributed by atoms with Crippen LogP contribution >= 0.6 is 0 Å². The summed E-state index contributed by atoms with van der Waals surface area (Å²) in [7, 11) is 1.34. The Kier molecular flexibility index (Phi) is 4.69. The Hall–Kier alpha value is -1.84. The highest BCUT2D eigenvalue weighted by Gasteiger charge is 2.12. The van der Waals surface area contributed by atoms with E-state index < -0.39 is 0 Å². The first-order valence-corrected chi connectivity index (χ1v) is 5.45. The van der Waals surface area contributed by atoms with Crippen molar-refractivity contribution in [2.24, 2.45) is 0 Å². The maximum absolute atomic E-state index is 11.1. The average molecular weight is 235 g/mol. The van der Waals surface area contributed by atoms with E-state index in [1.165, 1.54) is 7.11 Å². The smallest absolute Gasteiger partial charge is 0.307 e. The zero-order valence-corrected chi connectivity index (χ0v) is 10.4. The van der Waals surface area contributed by atoms with Crippen LogP contribution in [-0.2, 0) is 14.3 Å². The van der Waals surface area contributed by atoms with Crippen molar-refractivity contribution in [2.45, 2.75) is 20.3 Å². The number of aryl methyl sites for hydroxylation is 2. The molecule has 0 aromatic heterocycles. The van der Waals surface area contributed by atoms with Crippen molar-refractivity contribution < 1.29 is 14.3 Å². The Morgan fingerprint density at radius 1 is 1.35 bits per heavy atom. The number of anilines is 1. The number of esters is 1. The minimum absolute atomic E-state index is 0.197. The second-order valence-electron chi connectivity index (χ2n) is 3.87. The number of rotatable bonds is 5. The molecule has 0 bridgehead atoms. The van der Waals surface area contributed by atoms with Crippen LogP contribution in [0.15, 0.2) is 18.2 Å². The molecule has 0 N–H and O–H groups in total. The molecule has 0 heterocycles. The van der Waals surface area contributed by atoms with Gasteiger partial charge >= 0.3 is 5.97 Å². The molecule has 0 saturated carbocycles. The second kappa shape index (κ2) is 6.03. The van der Waals surface area contributed by atoms with Gasteiger partial charge in [0.15, 0.2) is 0 Å². The predicted octanol–water partition coefficient (Wildman–Crippen LogP) is 1.83. The molecule has 0 atom stereocenters. The first kappa shape index (κ1) is 13.2. The van der Waals surface area contributed by atoms with E-state index in [-0.39, 0.29) is 12.4 Å². The molecule has 0 aliphatic rings. The number of benzene rings is 1. The summed E-state index contributed by atoms with van der Waals surface area (Å²) in [6.45, 7) is 4.22. The molecule has 1 amide bonds. The molecule has 0 unspecified atom stereocenters. The number of amides is 1. The maximum atomic E-state index is 11.1. The predicted molar refractivity (Wildman–Crippen MR) is 66.0 cm³/mol. The van der Waals surface area contributed by atoms with Crippen molar-refractivity contribution in [3.8, 4) is 0 Å². The maximum Gasteiger partial charge on any atom is 0.307 e. The summed E-state index contributed by atoms with van der Waals surface area (Å²) >= 11 is 0. The molecule has 0 saturated heterocycles. The summed E-state index contributed by atoms with van der Waals surface area (Å²) in [6.07, 6.45) is 0.946. The zero-order valence-electron chi connectivity index (χ0n) is 10.4. The summed E-state index contributed by atoms with van der Waals surface area (Å²) in [5.74, 6) is -0.317. The fourth-order valence-corrected chi connectivity index (χ4v) is 1.79. The van der Waals surface area contributed by atoms with Gasteiger partial charge in [0.05, 0.1) is 13.5 Å². The number of nitrogens with zero attached hydrogens (tertiary/aromatic N) is 1. The minimum Gasteiger partial charge on any atom is -0.469 e. The van der Waals surface area contributed by atoms with Crippen molar-refractivity contribution in [3.05, 3.63) is 29.3 Å². The van der Waals surface area contributed by atoms with E-state index in [0.29, 0.717) is 6.54 Å². The fourth-order valence-electron chi connectivity index (χ4n) is 1.79. The molecule has 0 fully saturated rings. The quantitative estimate of drug-likeness (QED) is 0.578. The normalized spacial score (nSPS) is 9.82. The highest BCUT2D eigenvalue weighted by atomic mass is 16.5. The van der Waals surface area contributed by atoms with Crippen molar-refractivity contribution >= 4 is 18.1 Å². The number of methoxy groups -OCH3 is 1. The third-order valence-corrected chi connectivity index (χ3v) is 2.64. The van der Waals surface area contributed by atoms with Gasteiger partial charge in [0.25, 0.3) is 0 Å². The molecule has 0 spiro atoms. The van der Waals surface area contributed by atoms with Gasteiger partial charge in [0.2, 0.25) is 6.41 Å². The summed E-state index contributed by atoms with van der Waals surface area (Å²) in [6, 6.07) is 5.82. The number of ether oxygens (including phenoxy) is 1. The van der Waals surface area contributed by atoms with Gasteiger partial charge in [-0.3, -0.25) is 9.59 Å². The van der Waals surface area contributed by atoms with Gasteiger partial charge < -0.3 is 9.64 Å². The zero-order chi connectivity index (χ0) is 12.8. The standard InChI is InChI=1S/C13H17NO3/c1-10-5-4-6-11(2)13(10)14(9-15)8-7-12(16)17-3/h4-6,9H,7-8H2,1-3H3. The second-order valence-corrected chi connectivity index (χ2v) is 3.87. The Labute approximate surface area is 101 Å². The SMILES string of the molecule is COC(=O)CCN(C=O)c1c(C)cccc1C. The average Bonchev–Trinajstić information content (AvgIpc) is 2.32. The Bertz CT molecular complexity index is 395. The third kappa shape index (κ3) is 3.31. The molecule has 92 valence electrons. The monoisotopic (exact) mass is 235 g/mol. The summed E-state index contributed by atoms with van der Waals surface area (Å²) in [4.78, 5) is 23.7. The number of para-hydroxylation sites is 1.